The van der Waals surface area contributed by atoms with Gasteiger partial charge < -0.3 is 15.0 Å². The molecule has 0 spiro atoms. The van der Waals surface area contributed by atoms with Crippen LogP contribution in [0.1, 0.15) is 18.9 Å². The third-order valence-corrected chi connectivity index (χ3v) is 5.88. The maximum Gasteiger partial charge on any atom is 0.141 e. The Morgan fingerprint density at radius 2 is 1.97 bits per heavy atom. The van der Waals surface area contributed by atoms with Gasteiger partial charge in [0.25, 0.3) is 0 Å². The van der Waals surface area contributed by atoms with E-state index in [1.165, 1.54) is 18.5 Å². The van der Waals surface area contributed by atoms with Gasteiger partial charge in [0.05, 0.1) is 22.7 Å². The lowest BCUT2D eigenvalue weighted by atomic mass is 10.1. The molecule has 3 aromatic rings. The van der Waals surface area contributed by atoms with Crippen molar-refractivity contribution in [3.8, 4) is 17.6 Å². The van der Waals surface area contributed by atoms with E-state index in [1.807, 2.05) is 19.1 Å². The lowest BCUT2D eigenvalue weighted by Gasteiger charge is -2.31. The van der Waals surface area contributed by atoms with Crippen LogP contribution in [0.4, 0.5) is 15.9 Å². The smallest absolute Gasteiger partial charge is 0.141 e. The molecule has 1 aliphatic heterocycles. The van der Waals surface area contributed by atoms with E-state index in [0.717, 1.165) is 55.6 Å². The number of fused-ring (bicyclic) bond motifs is 1. The molecule has 1 fully saturated rings. The summed E-state index contributed by atoms with van der Waals surface area (Å²) < 4.78 is 19.4. The highest BCUT2D eigenvalue weighted by Gasteiger charge is 2.13. The number of likely N-dealkylation sites (N-methyl/N-ethyl adjacent to an activating group) is 1. The molecule has 0 unspecified atom stereocenters. The van der Waals surface area contributed by atoms with Gasteiger partial charge in [-0.15, -0.1) is 0 Å². The van der Waals surface area contributed by atoms with E-state index in [4.69, 9.17) is 16.3 Å². The van der Waals surface area contributed by atoms with Crippen LogP contribution in [0.3, 0.4) is 0 Å². The third kappa shape index (κ3) is 5.91. The molecule has 2 aromatic carbocycles. The van der Waals surface area contributed by atoms with Crippen LogP contribution in [0.15, 0.2) is 36.7 Å². The first-order chi connectivity index (χ1) is 16.0. The van der Waals surface area contributed by atoms with Gasteiger partial charge in [0.2, 0.25) is 0 Å². The van der Waals surface area contributed by atoms with Crippen molar-refractivity contribution in [2.24, 2.45) is 0 Å². The Balaban J connectivity index is 1.58. The summed E-state index contributed by atoms with van der Waals surface area (Å²) >= 11 is 5.92. The molecule has 1 aliphatic rings. The van der Waals surface area contributed by atoms with E-state index < -0.39 is 5.82 Å². The predicted octanol–water partition coefficient (Wildman–Crippen LogP) is 4.55. The van der Waals surface area contributed by atoms with Crippen LogP contribution < -0.4 is 10.1 Å². The van der Waals surface area contributed by atoms with E-state index in [0.29, 0.717) is 23.9 Å². The van der Waals surface area contributed by atoms with Crippen LogP contribution in [0.5, 0.6) is 5.75 Å². The van der Waals surface area contributed by atoms with Crippen LogP contribution in [0.25, 0.3) is 10.9 Å². The molecular formula is C25H27ClFN5O. The van der Waals surface area contributed by atoms with Gasteiger partial charge in [-0.3, -0.25) is 4.90 Å². The van der Waals surface area contributed by atoms with Gasteiger partial charge in [-0.1, -0.05) is 23.4 Å². The first-order valence-corrected chi connectivity index (χ1v) is 11.4. The lowest BCUT2D eigenvalue weighted by molar-refractivity contribution is 0.157. The standard InChI is InChI=1S/C25H27ClFN5O/c1-3-33-24-16-23-20(14-18(24)6-4-5-9-32-12-10-31(2)11-13-32)25(29-17-28-23)30-19-7-8-22(27)21(26)15-19/h7-8,14-17H,3,5,9-13H2,1-2H3,(H,28,29,30). The Labute approximate surface area is 198 Å². The van der Waals surface area contributed by atoms with Crippen molar-refractivity contribution in [1.29, 1.82) is 0 Å². The zero-order valence-electron chi connectivity index (χ0n) is 18.9. The number of benzene rings is 2. The first kappa shape index (κ1) is 23.2. The van der Waals surface area contributed by atoms with Gasteiger partial charge in [-0.05, 0) is 38.2 Å². The molecule has 4 rings (SSSR count). The summed E-state index contributed by atoms with van der Waals surface area (Å²) in [5, 5.41) is 4.05. The normalized spacial score (nSPS) is 14.7. The van der Waals surface area contributed by atoms with E-state index in [2.05, 4.69) is 44.0 Å². The number of hydrogen-bond acceptors (Lipinski definition) is 6. The average molecular weight is 468 g/mol. The second kappa shape index (κ2) is 10.8. The third-order valence-electron chi connectivity index (χ3n) is 5.59. The zero-order valence-corrected chi connectivity index (χ0v) is 19.6. The van der Waals surface area contributed by atoms with Gasteiger partial charge >= 0.3 is 0 Å². The molecule has 2 heterocycles. The Bertz CT molecular complexity index is 1180. The van der Waals surface area contributed by atoms with Crippen molar-refractivity contribution in [2.75, 3.05) is 51.7 Å². The fourth-order valence-corrected chi connectivity index (χ4v) is 3.89. The number of hydrogen-bond donors (Lipinski definition) is 1. The SMILES string of the molecule is CCOc1cc2ncnc(Nc3ccc(F)c(Cl)c3)c2cc1C#CCCN1CCN(C)CC1. The van der Waals surface area contributed by atoms with Crippen LogP contribution in [0.2, 0.25) is 5.02 Å². The molecule has 33 heavy (non-hydrogen) atoms. The number of piperazine rings is 1. The second-order valence-corrected chi connectivity index (χ2v) is 8.38. The van der Waals surface area contributed by atoms with Crippen LogP contribution in [-0.4, -0.2) is 66.1 Å². The summed E-state index contributed by atoms with van der Waals surface area (Å²) in [5.74, 6) is 7.40. The molecule has 6 nitrogen and oxygen atoms in total. The second-order valence-electron chi connectivity index (χ2n) is 7.97. The molecule has 1 saturated heterocycles. The molecule has 0 atom stereocenters. The predicted molar refractivity (Wildman–Crippen MR) is 131 cm³/mol. The van der Waals surface area contributed by atoms with Gasteiger partial charge in [0, 0.05) is 56.3 Å². The lowest BCUT2D eigenvalue weighted by Crippen LogP contribution is -2.44. The van der Waals surface area contributed by atoms with Gasteiger partial charge in [0.15, 0.2) is 0 Å². The highest BCUT2D eigenvalue weighted by atomic mass is 35.5. The maximum atomic E-state index is 13.5. The number of ether oxygens (including phenoxy) is 1. The number of halogens is 2. The molecule has 172 valence electrons. The molecule has 0 aliphatic carbocycles. The van der Waals surface area contributed by atoms with E-state index in [1.54, 1.807) is 6.07 Å². The van der Waals surface area contributed by atoms with Gasteiger partial charge in [-0.25, -0.2) is 14.4 Å². The van der Waals surface area contributed by atoms with E-state index >= 15 is 0 Å². The highest BCUT2D eigenvalue weighted by molar-refractivity contribution is 6.31. The van der Waals surface area contributed by atoms with Crippen LogP contribution >= 0.6 is 11.6 Å². The summed E-state index contributed by atoms with van der Waals surface area (Å²) in [7, 11) is 2.16. The van der Waals surface area contributed by atoms with Gasteiger partial charge in [-0.2, -0.15) is 0 Å². The maximum absolute atomic E-state index is 13.5. The van der Waals surface area contributed by atoms with Gasteiger partial charge in [0.1, 0.15) is 23.7 Å². The topological polar surface area (TPSA) is 53.5 Å². The number of aromatic nitrogens is 2. The number of nitrogens with one attached hydrogen (secondary N) is 1. The summed E-state index contributed by atoms with van der Waals surface area (Å²) in [5.41, 5.74) is 2.15. The average Bonchev–Trinajstić information content (AvgIpc) is 2.81. The first-order valence-electron chi connectivity index (χ1n) is 11.1. The van der Waals surface area contributed by atoms with Crippen molar-refractivity contribution in [3.63, 3.8) is 0 Å². The van der Waals surface area contributed by atoms with Crippen molar-refractivity contribution in [1.82, 2.24) is 19.8 Å². The molecular weight excluding hydrogens is 441 g/mol. The van der Waals surface area contributed by atoms with Crippen molar-refractivity contribution >= 4 is 34.0 Å². The Morgan fingerprint density at radius 1 is 1.15 bits per heavy atom. The summed E-state index contributed by atoms with van der Waals surface area (Å²) in [6.45, 7) is 7.80. The minimum Gasteiger partial charge on any atom is -0.492 e. The quantitative estimate of drug-likeness (QED) is 0.537. The summed E-state index contributed by atoms with van der Waals surface area (Å²) in [6.07, 6.45) is 2.27. The van der Waals surface area contributed by atoms with E-state index in [-0.39, 0.29) is 5.02 Å². The van der Waals surface area contributed by atoms with Crippen molar-refractivity contribution in [3.05, 3.63) is 53.1 Å². The molecule has 1 N–H and O–H groups in total. The number of nitrogens with zero attached hydrogens (tertiary/aromatic N) is 4. The van der Waals surface area contributed by atoms with Crippen molar-refractivity contribution in [2.45, 2.75) is 13.3 Å². The summed E-state index contributed by atoms with van der Waals surface area (Å²) in [6, 6.07) is 8.28. The van der Waals surface area contributed by atoms with Crippen molar-refractivity contribution < 1.29 is 9.13 Å². The van der Waals surface area contributed by atoms with Crippen LogP contribution in [-0.2, 0) is 0 Å². The molecule has 1 aromatic heterocycles. The van der Waals surface area contributed by atoms with Crippen LogP contribution in [0, 0.1) is 17.7 Å². The molecule has 8 heteroatoms. The fourth-order valence-electron chi connectivity index (χ4n) is 3.71. The molecule has 0 saturated carbocycles. The Kier molecular flexibility index (Phi) is 7.61. The summed E-state index contributed by atoms with van der Waals surface area (Å²) in [4.78, 5) is 13.6. The number of anilines is 2. The molecule has 0 radical (unpaired) electrons. The number of rotatable bonds is 6. The largest absolute Gasteiger partial charge is 0.492 e. The minimum atomic E-state index is -0.467. The minimum absolute atomic E-state index is 0.0453. The molecule has 0 amide bonds. The Hall–Kier alpha value is -2.92. The zero-order chi connectivity index (χ0) is 23.2. The monoisotopic (exact) mass is 467 g/mol. The molecule has 0 bridgehead atoms. The Morgan fingerprint density at radius 3 is 2.73 bits per heavy atom. The van der Waals surface area contributed by atoms with E-state index in [9.17, 15) is 4.39 Å². The highest BCUT2D eigenvalue weighted by Crippen LogP contribution is 2.30. The fraction of sp³-hybridized carbons (Fsp3) is 0.360.